The molecule has 0 unspecified atom stereocenters. The van der Waals surface area contributed by atoms with Gasteiger partial charge in [0.05, 0.1) is 0 Å². The molecule has 2 amide bonds. The predicted molar refractivity (Wildman–Crippen MR) is 148 cm³/mol. The van der Waals surface area contributed by atoms with Gasteiger partial charge in [0.15, 0.2) is 5.69 Å². The van der Waals surface area contributed by atoms with Gasteiger partial charge in [-0.2, -0.15) is 8.42 Å². The Bertz CT molecular complexity index is 1600. The zero-order valence-corrected chi connectivity index (χ0v) is 22.6. The lowest BCUT2D eigenvalue weighted by molar-refractivity contribution is 0.0465. The molecule has 1 N–H and O–H groups in total. The molecule has 0 fully saturated rings. The summed E-state index contributed by atoms with van der Waals surface area (Å²) in [7, 11) is -1.36. The molecule has 11 heteroatoms. The second kappa shape index (κ2) is 12.3. The molecule has 4 aromatic rings. The Morgan fingerprint density at radius 2 is 1.32 bits per heavy atom. The van der Waals surface area contributed by atoms with Gasteiger partial charge in [-0.15, -0.1) is 0 Å². The van der Waals surface area contributed by atoms with E-state index in [1.165, 1.54) is 11.0 Å². The third-order valence-electron chi connectivity index (χ3n) is 5.79. The molecule has 0 bridgehead atoms. The van der Waals surface area contributed by atoms with Crippen LogP contribution in [0.25, 0.3) is 11.1 Å². The van der Waals surface area contributed by atoms with Gasteiger partial charge in [0.2, 0.25) is 0 Å². The summed E-state index contributed by atoms with van der Waals surface area (Å²) in [5, 5.41) is 0. The van der Waals surface area contributed by atoms with Crippen molar-refractivity contribution >= 4 is 28.2 Å². The summed E-state index contributed by atoms with van der Waals surface area (Å²) in [6.07, 6.45) is -0.0746. The van der Waals surface area contributed by atoms with Crippen LogP contribution in [0, 0.1) is 0 Å². The Morgan fingerprint density at radius 3 is 1.88 bits per heavy atom. The summed E-state index contributed by atoms with van der Waals surface area (Å²) in [6, 6.07) is 25.4. The Balaban J connectivity index is 1.63. The number of nitrogens with one attached hydrogen (secondary N) is 1. The lowest BCUT2D eigenvalue weighted by atomic mass is 10.0. The molecule has 1 heterocycles. The summed E-state index contributed by atoms with van der Waals surface area (Å²) < 4.78 is 39.4. The standard InChI is InChI=1S/C29H27N3O7S/c1-31(2)27(33)24-15-13-23(14-16-24)25-17-18-32(26(25)28(34)38-19-21-9-5-3-6-10-21)40(36,37)30-29(35)39-20-22-11-7-4-8-12-22/h3-18H,19-20H2,1-2H3,(H,30,35). The van der Waals surface area contributed by atoms with Gasteiger partial charge < -0.3 is 14.4 Å². The van der Waals surface area contributed by atoms with Crippen LogP contribution in [0.3, 0.4) is 0 Å². The van der Waals surface area contributed by atoms with Crippen LogP contribution >= 0.6 is 0 Å². The van der Waals surface area contributed by atoms with Crippen molar-refractivity contribution in [1.29, 1.82) is 0 Å². The fourth-order valence-corrected chi connectivity index (χ4v) is 4.80. The fourth-order valence-electron chi connectivity index (χ4n) is 3.80. The Hall–Kier alpha value is -4.90. The minimum Gasteiger partial charge on any atom is -0.456 e. The van der Waals surface area contributed by atoms with Crippen LogP contribution in [0.4, 0.5) is 4.79 Å². The molecule has 0 aliphatic heterocycles. The molecule has 1 aromatic heterocycles. The zero-order chi connectivity index (χ0) is 28.7. The molecule has 0 saturated carbocycles. The maximum Gasteiger partial charge on any atom is 0.422 e. The Morgan fingerprint density at radius 1 is 0.775 bits per heavy atom. The Kier molecular flexibility index (Phi) is 8.65. The summed E-state index contributed by atoms with van der Waals surface area (Å²) in [6.45, 7) is -0.254. The topological polar surface area (TPSA) is 124 Å². The first kappa shape index (κ1) is 28.1. The number of esters is 1. The van der Waals surface area contributed by atoms with E-state index in [0.29, 0.717) is 26.2 Å². The summed E-state index contributed by atoms with van der Waals surface area (Å²) >= 11 is 0. The van der Waals surface area contributed by atoms with Crippen LogP contribution in [0.5, 0.6) is 0 Å². The second-order valence-electron chi connectivity index (χ2n) is 8.88. The van der Waals surface area contributed by atoms with Crippen LogP contribution in [-0.4, -0.2) is 49.4 Å². The molecule has 0 atom stereocenters. The molecular formula is C29H27N3O7S. The van der Waals surface area contributed by atoms with E-state index in [1.54, 1.807) is 93.0 Å². The molecule has 0 saturated heterocycles. The smallest absolute Gasteiger partial charge is 0.422 e. The van der Waals surface area contributed by atoms with Crippen molar-refractivity contribution in [3.63, 3.8) is 0 Å². The molecular weight excluding hydrogens is 534 g/mol. The molecule has 0 radical (unpaired) electrons. The molecule has 206 valence electrons. The number of hydrogen-bond donors (Lipinski definition) is 1. The van der Waals surface area contributed by atoms with Crippen molar-refractivity contribution in [2.45, 2.75) is 13.2 Å². The monoisotopic (exact) mass is 561 g/mol. The normalized spacial score (nSPS) is 10.9. The summed E-state index contributed by atoms with van der Waals surface area (Å²) in [5.41, 5.74) is 2.14. The lowest BCUT2D eigenvalue weighted by Gasteiger charge is -2.14. The minimum atomic E-state index is -4.61. The van der Waals surface area contributed by atoms with Crippen LogP contribution in [0.1, 0.15) is 32.0 Å². The Labute approximate surface area is 231 Å². The van der Waals surface area contributed by atoms with Gasteiger partial charge in [0, 0.05) is 31.4 Å². The van der Waals surface area contributed by atoms with E-state index in [4.69, 9.17) is 9.47 Å². The zero-order valence-electron chi connectivity index (χ0n) is 21.8. The predicted octanol–water partition coefficient (Wildman–Crippen LogP) is 4.23. The van der Waals surface area contributed by atoms with E-state index < -0.39 is 22.3 Å². The highest BCUT2D eigenvalue weighted by molar-refractivity contribution is 7.88. The van der Waals surface area contributed by atoms with Crippen molar-refractivity contribution in [3.8, 4) is 11.1 Å². The number of amides is 2. The molecule has 0 spiro atoms. The quantitative estimate of drug-likeness (QED) is 0.303. The van der Waals surface area contributed by atoms with Gasteiger partial charge in [-0.05, 0) is 34.9 Å². The van der Waals surface area contributed by atoms with Gasteiger partial charge in [-0.25, -0.2) is 18.3 Å². The van der Waals surface area contributed by atoms with Crippen LogP contribution in [-0.2, 0) is 32.9 Å². The largest absolute Gasteiger partial charge is 0.456 e. The highest BCUT2D eigenvalue weighted by Gasteiger charge is 2.28. The van der Waals surface area contributed by atoms with Crippen LogP contribution < -0.4 is 4.72 Å². The number of ether oxygens (including phenoxy) is 2. The van der Waals surface area contributed by atoms with Crippen molar-refractivity contribution in [3.05, 3.63) is 120 Å². The van der Waals surface area contributed by atoms with Crippen molar-refractivity contribution in [1.82, 2.24) is 13.6 Å². The fraction of sp³-hybridized carbons (Fsp3) is 0.138. The molecule has 0 aliphatic carbocycles. The number of nitrogens with zero attached hydrogens (tertiary/aromatic N) is 2. The summed E-state index contributed by atoms with van der Waals surface area (Å²) in [4.78, 5) is 39.4. The van der Waals surface area contributed by atoms with Gasteiger partial charge >= 0.3 is 22.3 Å². The van der Waals surface area contributed by atoms with E-state index in [0.717, 1.165) is 6.20 Å². The first-order valence-electron chi connectivity index (χ1n) is 12.1. The van der Waals surface area contributed by atoms with Gasteiger partial charge in [0.25, 0.3) is 5.91 Å². The third kappa shape index (κ3) is 6.75. The third-order valence-corrected chi connectivity index (χ3v) is 7.04. The molecule has 10 nitrogen and oxygen atoms in total. The van der Waals surface area contributed by atoms with Gasteiger partial charge in [0.1, 0.15) is 13.2 Å². The number of benzene rings is 3. The van der Waals surface area contributed by atoms with E-state index in [1.807, 2.05) is 10.8 Å². The molecule has 40 heavy (non-hydrogen) atoms. The SMILES string of the molecule is CN(C)C(=O)c1ccc(-c2ccn(S(=O)(=O)NC(=O)OCc3ccccc3)c2C(=O)OCc2ccccc2)cc1. The number of aromatic nitrogens is 1. The van der Waals surface area contributed by atoms with Crippen molar-refractivity contribution in [2.75, 3.05) is 14.1 Å². The first-order valence-corrected chi connectivity index (χ1v) is 13.6. The van der Waals surface area contributed by atoms with Crippen molar-refractivity contribution in [2.24, 2.45) is 0 Å². The maximum absolute atomic E-state index is 13.3. The maximum atomic E-state index is 13.3. The number of rotatable bonds is 9. The first-order chi connectivity index (χ1) is 19.2. The number of carbonyl (C=O) groups is 3. The van der Waals surface area contributed by atoms with E-state index in [-0.39, 0.29) is 30.4 Å². The average Bonchev–Trinajstić information content (AvgIpc) is 3.42. The van der Waals surface area contributed by atoms with E-state index >= 15 is 0 Å². The lowest BCUT2D eigenvalue weighted by Crippen LogP contribution is -2.36. The van der Waals surface area contributed by atoms with Crippen molar-refractivity contribution < 1.29 is 32.3 Å². The number of hydrogen-bond acceptors (Lipinski definition) is 7. The van der Waals surface area contributed by atoms with Gasteiger partial charge in [-0.1, -0.05) is 72.8 Å². The number of carbonyl (C=O) groups excluding carboxylic acids is 3. The van der Waals surface area contributed by atoms with Crippen LogP contribution in [0.15, 0.2) is 97.2 Å². The molecule has 0 aliphatic rings. The van der Waals surface area contributed by atoms with E-state index in [2.05, 4.69) is 0 Å². The second-order valence-corrected chi connectivity index (χ2v) is 10.4. The molecule has 3 aromatic carbocycles. The van der Waals surface area contributed by atoms with Crippen LogP contribution in [0.2, 0.25) is 0 Å². The highest BCUT2D eigenvalue weighted by Crippen LogP contribution is 2.28. The minimum absolute atomic E-state index is 0.104. The summed E-state index contributed by atoms with van der Waals surface area (Å²) in [5.74, 6) is -1.15. The molecule has 4 rings (SSSR count). The van der Waals surface area contributed by atoms with E-state index in [9.17, 15) is 22.8 Å². The van der Waals surface area contributed by atoms with Gasteiger partial charge in [-0.3, -0.25) is 4.79 Å². The average molecular weight is 562 g/mol. The highest BCUT2D eigenvalue weighted by atomic mass is 32.2.